The SMILES string of the molecule is Cc1cc(OC(=O)Nc2ccccc2)ccc1C[C@H](N)C(=O)N[C@H](CSSC(C)(C)CC(=O)O)C(=O)N[C@@H](Cc1ccccc1)C(N)=O. The van der Waals surface area contributed by atoms with Crippen molar-refractivity contribution in [3.8, 4) is 5.75 Å². The summed E-state index contributed by atoms with van der Waals surface area (Å²) in [5.41, 5.74) is 14.7. The Balaban J connectivity index is 1.67. The highest BCUT2D eigenvalue weighted by atomic mass is 33.1. The van der Waals surface area contributed by atoms with Gasteiger partial charge in [0.1, 0.15) is 17.8 Å². The number of carboxylic acid groups (broad SMARTS) is 1. The fourth-order valence-electron chi connectivity index (χ4n) is 4.52. The third kappa shape index (κ3) is 12.9. The summed E-state index contributed by atoms with van der Waals surface area (Å²) in [4.78, 5) is 62.5. The number of nitrogens with one attached hydrogen (secondary N) is 3. The first-order valence-electron chi connectivity index (χ1n) is 15.1. The molecule has 14 heteroatoms. The third-order valence-electron chi connectivity index (χ3n) is 6.99. The lowest BCUT2D eigenvalue weighted by atomic mass is 10.0. The first kappa shape index (κ1) is 37.9. The molecular weight excluding hydrogens is 655 g/mol. The lowest BCUT2D eigenvalue weighted by Crippen LogP contribution is -2.56. The van der Waals surface area contributed by atoms with Gasteiger partial charge in [0.2, 0.25) is 17.7 Å². The van der Waals surface area contributed by atoms with Crippen molar-refractivity contribution >= 4 is 57.1 Å². The van der Waals surface area contributed by atoms with E-state index in [9.17, 15) is 29.1 Å². The number of nitrogens with two attached hydrogens (primary N) is 2. The summed E-state index contributed by atoms with van der Waals surface area (Å²) in [6.07, 6.45) is -0.491. The number of aryl methyl sites for hydroxylation is 1. The second-order valence-electron chi connectivity index (χ2n) is 11.7. The van der Waals surface area contributed by atoms with Crippen LogP contribution in [0, 0.1) is 6.92 Å². The highest BCUT2D eigenvalue weighted by Crippen LogP contribution is 2.38. The quantitative estimate of drug-likeness (QED) is 0.113. The van der Waals surface area contributed by atoms with Crippen molar-refractivity contribution in [3.05, 3.63) is 95.6 Å². The molecule has 12 nitrogen and oxygen atoms in total. The smallest absolute Gasteiger partial charge is 0.417 e. The molecule has 256 valence electrons. The standard InChI is InChI=1S/C34H41N5O7S2/c1-21-16-25(46-33(45)37-24-12-8-5-9-13-24)15-14-23(21)18-26(35)31(43)39-28(20-47-48-34(2,3)19-29(40)41)32(44)38-27(30(36)42)17-22-10-6-4-7-11-22/h4-16,26-28H,17-20,35H2,1-3H3,(H2,36,42)(H,37,45)(H,38,44)(H,39,43)(H,40,41)/t26-,27-,28+/m0/s1. The van der Waals surface area contributed by atoms with Gasteiger partial charge >= 0.3 is 12.1 Å². The number of para-hydroxylation sites is 1. The summed E-state index contributed by atoms with van der Waals surface area (Å²) in [5.74, 6) is -2.57. The summed E-state index contributed by atoms with van der Waals surface area (Å²) >= 11 is 0. The maximum atomic E-state index is 13.5. The summed E-state index contributed by atoms with van der Waals surface area (Å²) in [7, 11) is 2.49. The van der Waals surface area contributed by atoms with E-state index in [0.717, 1.165) is 16.7 Å². The van der Waals surface area contributed by atoms with Gasteiger partial charge in [-0.2, -0.15) is 0 Å². The number of benzene rings is 3. The Labute approximate surface area is 287 Å². The second kappa shape index (κ2) is 18.1. The van der Waals surface area contributed by atoms with Crippen LogP contribution >= 0.6 is 21.6 Å². The molecule has 0 aromatic heterocycles. The molecule has 3 atom stereocenters. The minimum absolute atomic E-state index is 0.0605. The largest absolute Gasteiger partial charge is 0.481 e. The maximum Gasteiger partial charge on any atom is 0.417 e. The first-order chi connectivity index (χ1) is 22.7. The van der Waals surface area contributed by atoms with Gasteiger partial charge in [-0.3, -0.25) is 24.5 Å². The Morgan fingerprint density at radius 3 is 2.10 bits per heavy atom. The molecule has 0 aliphatic rings. The molecule has 0 saturated carbocycles. The maximum absolute atomic E-state index is 13.5. The number of carbonyl (C=O) groups is 5. The van der Waals surface area contributed by atoms with Crippen molar-refractivity contribution in [1.29, 1.82) is 0 Å². The number of primary amides is 1. The number of hydrogen-bond acceptors (Lipinski definition) is 9. The van der Waals surface area contributed by atoms with E-state index >= 15 is 0 Å². The molecule has 0 fully saturated rings. The molecule has 0 radical (unpaired) electrons. The lowest BCUT2D eigenvalue weighted by molar-refractivity contribution is -0.137. The summed E-state index contributed by atoms with van der Waals surface area (Å²) in [6, 6.07) is 19.7. The van der Waals surface area contributed by atoms with Gasteiger partial charge in [-0.15, -0.1) is 0 Å². The fraction of sp³-hybridized carbons (Fsp3) is 0.324. The monoisotopic (exact) mass is 695 g/mol. The predicted molar refractivity (Wildman–Crippen MR) is 189 cm³/mol. The Bertz CT molecular complexity index is 1570. The number of aliphatic carboxylic acids is 1. The van der Waals surface area contributed by atoms with Crippen LogP contribution in [-0.4, -0.2) is 63.5 Å². The lowest BCUT2D eigenvalue weighted by Gasteiger charge is -2.25. The van der Waals surface area contributed by atoms with Crippen molar-refractivity contribution in [2.24, 2.45) is 11.5 Å². The molecule has 0 heterocycles. The molecule has 4 amide bonds. The number of carboxylic acids is 1. The van der Waals surface area contributed by atoms with E-state index in [1.54, 1.807) is 87.5 Å². The number of hydrogen-bond donors (Lipinski definition) is 6. The molecule has 8 N–H and O–H groups in total. The van der Waals surface area contributed by atoms with E-state index in [4.69, 9.17) is 16.2 Å². The van der Waals surface area contributed by atoms with Crippen molar-refractivity contribution in [3.63, 3.8) is 0 Å². The van der Waals surface area contributed by atoms with Gasteiger partial charge in [0, 0.05) is 22.6 Å². The van der Waals surface area contributed by atoms with Gasteiger partial charge in [0.15, 0.2) is 0 Å². The van der Waals surface area contributed by atoms with Crippen LogP contribution in [-0.2, 0) is 32.0 Å². The molecule has 3 rings (SSSR count). The molecule has 0 aliphatic carbocycles. The number of anilines is 1. The van der Waals surface area contributed by atoms with Crippen LogP contribution in [0.15, 0.2) is 78.9 Å². The van der Waals surface area contributed by atoms with Gasteiger partial charge in [-0.1, -0.05) is 76.2 Å². The van der Waals surface area contributed by atoms with Crippen LogP contribution in [0.2, 0.25) is 0 Å². The first-order valence-corrected chi connectivity index (χ1v) is 17.4. The van der Waals surface area contributed by atoms with Crippen LogP contribution in [0.4, 0.5) is 10.5 Å². The van der Waals surface area contributed by atoms with Gasteiger partial charge in [-0.25, -0.2) is 4.79 Å². The summed E-state index contributed by atoms with van der Waals surface area (Å²) in [6.45, 7) is 5.32. The van der Waals surface area contributed by atoms with Gasteiger partial charge in [0.05, 0.1) is 12.5 Å². The molecule has 3 aromatic rings. The highest BCUT2D eigenvalue weighted by Gasteiger charge is 2.30. The van der Waals surface area contributed by atoms with Gasteiger partial charge in [0.25, 0.3) is 0 Å². The van der Waals surface area contributed by atoms with Crippen LogP contribution in [0.1, 0.15) is 37.0 Å². The van der Waals surface area contributed by atoms with Gasteiger partial charge < -0.3 is 31.9 Å². The molecule has 0 saturated heterocycles. The molecule has 0 spiro atoms. The zero-order chi connectivity index (χ0) is 35.3. The minimum Gasteiger partial charge on any atom is -0.481 e. The Morgan fingerprint density at radius 2 is 1.50 bits per heavy atom. The predicted octanol–water partition coefficient (Wildman–Crippen LogP) is 3.81. The Hall–Kier alpha value is -4.53. The van der Waals surface area contributed by atoms with Crippen LogP contribution < -0.4 is 32.2 Å². The molecule has 48 heavy (non-hydrogen) atoms. The molecule has 0 bridgehead atoms. The van der Waals surface area contributed by atoms with Crippen molar-refractivity contribution in [1.82, 2.24) is 10.6 Å². The van der Waals surface area contributed by atoms with E-state index in [0.29, 0.717) is 11.4 Å². The zero-order valence-corrected chi connectivity index (χ0v) is 28.6. The van der Waals surface area contributed by atoms with Crippen molar-refractivity contribution in [2.45, 2.75) is 62.9 Å². The van der Waals surface area contributed by atoms with Crippen LogP contribution in [0.3, 0.4) is 0 Å². The van der Waals surface area contributed by atoms with E-state index < -0.39 is 52.7 Å². The zero-order valence-electron chi connectivity index (χ0n) is 26.9. The third-order valence-corrected chi connectivity index (χ3v) is 10.3. The van der Waals surface area contributed by atoms with Gasteiger partial charge in [-0.05, 0) is 68.1 Å². The van der Waals surface area contributed by atoms with E-state index in [2.05, 4.69) is 16.0 Å². The molecule has 0 unspecified atom stereocenters. The molecule has 3 aromatic carbocycles. The van der Waals surface area contributed by atoms with Crippen molar-refractivity contribution < 1.29 is 33.8 Å². The summed E-state index contributed by atoms with van der Waals surface area (Å²) < 4.78 is 4.72. The van der Waals surface area contributed by atoms with Crippen LogP contribution in [0.25, 0.3) is 0 Å². The molecule has 0 aliphatic heterocycles. The second-order valence-corrected chi connectivity index (χ2v) is 14.7. The average molecular weight is 696 g/mol. The minimum atomic E-state index is -1.11. The Kier molecular flexibility index (Phi) is 14.3. The number of amides is 4. The average Bonchev–Trinajstić information content (AvgIpc) is 3.01. The number of ether oxygens (including phenoxy) is 1. The Morgan fingerprint density at radius 1 is 0.875 bits per heavy atom. The molecular formula is C34H41N5O7S2. The van der Waals surface area contributed by atoms with Crippen LogP contribution in [0.5, 0.6) is 5.75 Å². The number of carbonyl (C=O) groups excluding carboxylic acids is 4. The normalized spacial score (nSPS) is 13.0. The van der Waals surface area contributed by atoms with E-state index in [1.807, 2.05) is 12.1 Å². The van der Waals surface area contributed by atoms with E-state index in [-0.39, 0.29) is 25.0 Å². The highest BCUT2D eigenvalue weighted by molar-refractivity contribution is 8.77. The number of rotatable bonds is 17. The van der Waals surface area contributed by atoms with Crippen molar-refractivity contribution in [2.75, 3.05) is 11.1 Å². The van der Waals surface area contributed by atoms with E-state index in [1.165, 1.54) is 21.6 Å². The fourth-order valence-corrected chi connectivity index (χ4v) is 7.21. The summed E-state index contributed by atoms with van der Waals surface area (Å²) in [5, 5.41) is 17.2. The topological polar surface area (TPSA) is 203 Å².